The van der Waals surface area contributed by atoms with E-state index in [1.165, 1.54) is 36.3 Å². The van der Waals surface area contributed by atoms with Crippen molar-refractivity contribution in [2.24, 2.45) is 0 Å². The molecular weight excluding hydrogens is 536 g/mol. The number of hydrogen-bond donors (Lipinski definition) is 0. The average molecular weight is 565 g/mol. The number of methoxy groups -OCH3 is 2. The Labute approximate surface area is 226 Å². The zero-order valence-electron chi connectivity index (χ0n) is 20.6. The van der Waals surface area contributed by atoms with E-state index in [-0.39, 0.29) is 43.1 Å². The average Bonchev–Trinajstić information content (AvgIpc) is 3.39. The van der Waals surface area contributed by atoms with E-state index >= 15 is 0 Å². The summed E-state index contributed by atoms with van der Waals surface area (Å²) in [5, 5.41) is 2.44. The molecule has 37 heavy (non-hydrogen) atoms. The first-order valence-electron chi connectivity index (χ1n) is 11.7. The van der Waals surface area contributed by atoms with E-state index in [1.54, 1.807) is 29.4 Å². The summed E-state index contributed by atoms with van der Waals surface area (Å²) in [5.41, 5.74) is 1.02. The highest BCUT2D eigenvalue weighted by Crippen LogP contribution is 2.34. The quantitative estimate of drug-likeness (QED) is 0.346. The molecule has 1 atom stereocenters. The van der Waals surface area contributed by atoms with Crippen LogP contribution in [0.4, 0.5) is 0 Å². The lowest BCUT2D eigenvalue weighted by Gasteiger charge is -2.37. The maximum Gasteiger partial charge on any atom is 0.243 e. The Hall–Kier alpha value is -2.63. The number of fused-ring (bicyclic) bond motifs is 1. The molecule has 0 fully saturated rings. The Bertz CT molecular complexity index is 1310. The summed E-state index contributed by atoms with van der Waals surface area (Å²) in [6, 6.07) is 14.8. The molecule has 0 spiro atoms. The number of amides is 1. The lowest BCUT2D eigenvalue weighted by molar-refractivity contribution is -0.135. The van der Waals surface area contributed by atoms with Crippen LogP contribution in [0.3, 0.4) is 0 Å². The van der Waals surface area contributed by atoms with Crippen LogP contribution in [0.2, 0.25) is 5.02 Å². The summed E-state index contributed by atoms with van der Waals surface area (Å²) in [7, 11) is -0.871. The van der Waals surface area contributed by atoms with Gasteiger partial charge in [-0.3, -0.25) is 4.79 Å². The molecule has 11 heteroatoms. The minimum atomic E-state index is -3.95. The number of ether oxygens (including phenoxy) is 3. The summed E-state index contributed by atoms with van der Waals surface area (Å²) in [6.07, 6.45) is 0.705. The molecule has 0 unspecified atom stereocenters. The molecule has 1 aliphatic rings. The van der Waals surface area contributed by atoms with Gasteiger partial charge in [0.25, 0.3) is 0 Å². The zero-order chi connectivity index (χ0) is 26.4. The van der Waals surface area contributed by atoms with E-state index < -0.39 is 10.0 Å². The van der Waals surface area contributed by atoms with Gasteiger partial charge < -0.3 is 19.1 Å². The van der Waals surface area contributed by atoms with Crippen molar-refractivity contribution in [3.63, 3.8) is 0 Å². The van der Waals surface area contributed by atoms with Crippen molar-refractivity contribution in [2.45, 2.75) is 17.4 Å². The summed E-state index contributed by atoms with van der Waals surface area (Å²) < 4.78 is 44.4. The van der Waals surface area contributed by atoms with Crippen molar-refractivity contribution in [2.75, 3.05) is 47.1 Å². The van der Waals surface area contributed by atoms with E-state index in [1.807, 2.05) is 29.6 Å². The van der Waals surface area contributed by atoms with Gasteiger partial charge in [-0.05, 0) is 59.8 Å². The minimum absolute atomic E-state index is 0.0374. The van der Waals surface area contributed by atoms with Crippen LogP contribution in [0.25, 0.3) is 0 Å². The Balaban J connectivity index is 1.56. The third kappa shape index (κ3) is 6.45. The van der Waals surface area contributed by atoms with E-state index in [0.29, 0.717) is 29.5 Å². The van der Waals surface area contributed by atoms with Crippen molar-refractivity contribution in [1.82, 2.24) is 9.21 Å². The first-order valence-corrected chi connectivity index (χ1v) is 14.4. The first kappa shape index (κ1) is 27.4. The Morgan fingerprint density at radius 1 is 1.14 bits per heavy atom. The number of halogens is 1. The van der Waals surface area contributed by atoms with Crippen LogP contribution in [-0.4, -0.2) is 70.6 Å². The lowest BCUT2D eigenvalue weighted by atomic mass is 10.0. The third-order valence-corrected chi connectivity index (χ3v) is 9.28. The van der Waals surface area contributed by atoms with E-state index in [2.05, 4.69) is 0 Å². The zero-order valence-corrected chi connectivity index (χ0v) is 23.0. The summed E-state index contributed by atoms with van der Waals surface area (Å²) in [5.74, 6) is 0.998. The van der Waals surface area contributed by atoms with Crippen LogP contribution >= 0.6 is 22.9 Å². The third-order valence-electron chi connectivity index (χ3n) is 6.17. The number of nitrogens with zero attached hydrogens (tertiary/aromatic N) is 2. The van der Waals surface area contributed by atoms with Crippen LogP contribution in [0.1, 0.15) is 16.5 Å². The molecule has 0 aliphatic carbocycles. The Kier molecular flexibility index (Phi) is 9.09. The van der Waals surface area contributed by atoms with Gasteiger partial charge in [0.15, 0.2) is 0 Å². The second kappa shape index (κ2) is 12.3. The highest BCUT2D eigenvalue weighted by atomic mass is 35.5. The normalized spacial score (nSPS) is 15.5. The number of thiophene rings is 1. The number of rotatable bonds is 11. The fourth-order valence-corrected chi connectivity index (χ4v) is 6.64. The number of hydrogen-bond acceptors (Lipinski definition) is 7. The van der Waals surface area contributed by atoms with Gasteiger partial charge in [-0.1, -0.05) is 17.7 Å². The maximum atomic E-state index is 13.6. The second-order valence-electron chi connectivity index (χ2n) is 8.43. The Morgan fingerprint density at radius 3 is 2.62 bits per heavy atom. The van der Waals surface area contributed by atoms with Crippen LogP contribution in [0.15, 0.2) is 64.9 Å². The van der Waals surface area contributed by atoms with Gasteiger partial charge in [-0.25, -0.2) is 8.42 Å². The first-order chi connectivity index (χ1) is 17.8. The van der Waals surface area contributed by atoms with E-state index in [0.717, 1.165) is 9.87 Å². The molecule has 1 amide bonds. The molecule has 198 valence electrons. The highest BCUT2D eigenvalue weighted by molar-refractivity contribution is 7.89. The fraction of sp³-hybridized carbons (Fsp3) is 0.346. The smallest absolute Gasteiger partial charge is 0.243 e. The van der Waals surface area contributed by atoms with Crippen molar-refractivity contribution >= 4 is 38.9 Å². The van der Waals surface area contributed by atoms with Crippen molar-refractivity contribution in [3.05, 3.63) is 75.4 Å². The summed E-state index contributed by atoms with van der Waals surface area (Å²) in [6.45, 7) is 0.568. The van der Waals surface area contributed by atoms with E-state index in [9.17, 15) is 13.2 Å². The topological polar surface area (TPSA) is 85.4 Å². The predicted molar refractivity (Wildman–Crippen MR) is 143 cm³/mol. The fourth-order valence-electron chi connectivity index (χ4n) is 4.22. The van der Waals surface area contributed by atoms with Crippen LogP contribution < -0.4 is 9.47 Å². The monoisotopic (exact) mass is 564 g/mol. The van der Waals surface area contributed by atoms with Crippen LogP contribution in [0, 0.1) is 0 Å². The van der Waals surface area contributed by atoms with Crippen LogP contribution in [-0.2, 0) is 26.0 Å². The van der Waals surface area contributed by atoms with Gasteiger partial charge in [0, 0.05) is 36.2 Å². The molecule has 0 saturated heterocycles. The number of sulfonamides is 1. The van der Waals surface area contributed by atoms with E-state index in [4.69, 9.17) is 25.8 Å². The largest absolute Gasteiger partial charge is 0.497 e. The molecule has 3 aromatic rings. The van der Waals surface area contributed by atoms with Crippen molar-refractivity contribution in [1.29, 1.82) is 0 Å². The summed E-state index contributed by atoms with van der Waals surface area (Å²) in [4.78, 5) is 16.6. The molecule has 1 aromatic heterocycles. The second-order valence-corrected chi connectivity index (χ2v) is 11.8. The van der Waals surface area contributed by atoms with Gasteiger partial charge in [-0.2, -0.15) is 4.31 Å². The molecule has 0 bridgehead atoms. The Morgan fingerprint density at radius 2 is 1.89 bits per heavy atom. The molecular formula is C26H29ClN2O6S2. The molecule has 0 N–H and O–H groups in total. The van der Waals surface area contributed by atoms with Gasteiger partial charge in [0.2, 0.25) is 15.9 Å². The van der Waals surface area contributed by atoms with Gasteiger partial charge in [-0.15, -0.1) is 11.3 Å². The molecule has 0 radical (unpaired) electrons. The summed E-state index contributed by atoms with van der Waals surface area (Å²) >= 11 is 7.59. The maximum absolute atomic E-state index is 13.6. The number of benzene rings is 2. The molecule has 2 aromatic carbocycles. The highest BCUT2D eigenvalue weighted by Gasteiger charge is 2.35. The lowest BCUT2D eigenvalue weighted by Crippen LogP contribution is -2.48. The van der Waals surface area contributed by atoms with Crippen molar-refractivity contribution < 1.29 is 27.4 Å². The van der Waals surface area contributed by atoms with Gasteiger partial charge in [0.05, 0.1) is 31.2 Å². The standard InChI is InChI=1S/C26H29ClN2O6S2/c1-33-14-13-28(37(31,32)22-8-6-19(27)7-9-22)17-26(30)29-12-10-25-23(11-15-36-25)24(29)18-35-21-5-3-4-20(16-21)34-2/h3-9,11,15-16,24H,10,12-14,17-18H2,1-2H3/t24-/m1/s1. The number of carbonyl (C=O) groups is 1. The molecule has 4 rings (SSSR count). The van der Waals surface area contributed by atoms with Gasteiger partial charge >= 0.3 is 0 Å². The molecule has 1 aliphatic heterocycles. The molecule has 2 heterocycles. The van der Waals surface area contributed by atoms with Crippen LogP contribution in [0.5, 0.6) is 11.5 Å². The minimum Gasteiger partial charge on any atom is -0.497 e. The predicted octanol–water partition coefficient (Wildman–Crippen LogP) is 4.25. The SMILES string of the molecule is COCCN(CC(=O)N1CCc2sccc2[C@H]1COc1cccc(OC)c1)S(=O)(=O)c1ccc(Cl)cc1. The number of carbonyl (C=O) groups excluding carboxylic acids is 1. The molecule has 8 nitrogen and oxygen atoms in total. The van der Waals surface area contributed by atoms with Gasteiger partial charge in [0.1, 0.15) is 18.1 Å². The van der Waals surface area contributed by atoms with Crippen molar-refractivity contribution in [3.8, 4) is 11.5 Å². The molecule has 0 saturated carbocycles.